The average molecular weight is 341 g/mol. The second-order valence-corrected chi connectivity index (χ2v) is 8.36. The van der Waals surface area contributed by atoms with Gasteiger partial charge in [0.15, 0.2) is 0 Å². The number of amides is 1. The molecule has 2 aromatic rings. The standard InChI is InChI=1S/C21H31N3O/c1-17(2)14-24(20(25)13-21(3,4)5)16-19-22-11-12-23(19)15-18-9-7-6-8-10-18/h6-12,17H,13-16H2,1-5H3. The van der Waals surface area contributed by atoms with Gasteiger partial charge in [-0.05, 0) is 16.9 Å². The van der Waals surface area contributed by atoms with E-state index < -0.39 is 0 Å². The molecule has 0 aliphatic carbocycles. The van der Waals surface area contributed by atoms with Crippen molar-refractivity contribution in [2.45, 2.75) is 54.1 Å². The van der Waals surface area contributed by atoms with E-state index in [1.165, 1.54) is 5.56 Å². The number of hydrogen-bond acceptors (Lipinski definition) is 2. The molecule has 0 spiro atoms. The van der Waals surface area contributed by atoms with E-state index in [0.717, 1.165) is 18.9 Å². The summed E-state index contributed by atoms with van der Waals surface area (Å²) in [6.45, 7) is 12.7. The molecule has 0 N–H and O–H groups in total. The Balaban J connectivity index is 2.13. The van der Waals surface area contributed by atoms with Gasteiger partial charge < -0.3 is 9.47 Å². The summed E-state index contributed by atoms with van der Waals surface area (Å²) in [6, 6.07) is 10.3. The first kappa shape index (κ1) is 19.2. The van der Waals surface area contributed by atoms with Crippen LogP contribution in [0.2, 0.25) is 0 Å². The highest BCUT2D eigenvalue weighted by Gasteiger charge is 2.23. The van der Waals surface area contributed by atoms with E-state index in [4.69, 9.17) is 0 Å². The fraction of sp³-hybridized carbons (Fsp3) is 0.524. The van der Waals surface area contributed by atoms with Crippen LogP contribution in [0.4, 0.5) is 0 Å². The van der Waals surface area contributed by atoms with Gasteiger partial charge in [0.25, 0.3) is 0 Å². The van der Waals surface area contributed by atoms with Crippen LogP contribution in [0, 0.1) is 11.3 Å². The summed E-state index contributed by atoms with van der Waals surface area (Å²) >= 11 is 0. The van der Waals surface area contributed by atoms with Gasteiger partial charge in [0.1, 0.15) is 5.82 Å². The zero-order valence-electron chi connectivity index (χ0n) is 16.2. The van der Waals surface area contributed by atoms with Crippen molar-refractivity contribution in [2.24, 2.45) is 11.3 Å². The fourth-order valence-corrected chi connectivity index (χ4v) is 2.85. The highest BCUT2D eigenvalue weighted by Crippen LogP contribution is 2.21. The maximum absolute atomic E-state index is 12.8. The second kappa shape index (κ2) is 8.32. The van der Waals surface area contributed by atoms with Gasteiger partial charge in [-0.3, -0.25) is 4.79 Å². The van der Waals surface area contributed by atoms with Gasteiger partial charge in [0.2, 0.25) is 5.91 Å². The van der Waals surface area contributed by atoms with Crippen LogP contribution in [0.5, 0.6) is 0 Å². The summed E-state index contributed by atoms with van der Waals surface area (Å²) in [5, 5.41) is 0. The Labute approximate surface area is 151 Å². The SMILES string of the molecule is CC(C)CN(Cc1nccn1Cc1ccccc1)C(=O)CC(C)(C)C. The zero-order valence-corrected chi connectivity index (χ0v) is 16.2. The van der Waals surface area contributed by atoms with Gasteiger partial charge in [0, 0.05) is 31.9 Å². The van der Waals surface area contributed by atoms with E-state index in [1.54, 1.807) is 0 Å². The number of benzene rings is 1. The molecule has 0 atom stereocenters. The molecule has 1 heterocycles. The molecule has 1 aromatic heterocycles. The molecule has 2 rings (SSSR count). The number of hydrogen-bond donors (Lipinski definition) is 0. The number of rotatable bonds is 7. The topological polar surface area (TPSA) is 38.1 Å². The van der Waals surface area contributed by atoms with Crippen molar-refractivity contribution >= 4 is 5.91 Å². The minimum absolute atomic E-state index is 0.00816. The van der Waals surface area contributed by atoms with E-state index in [-0.39, 0.29) is 11.3 Å². The molecule has 0 fully saturated rings. The number of carbonyl (C=O) groups is 1. The third kappa shape index (κ3) is 6.37. The van der Waals surface area contributed by atoms with Crippen molar-refractivity contribution in [3.8, 4) is 0 Å². The van der Waals surface area contributed by atoms with E-state index in [9.17, 15) is 4.79 Å². The number of nitrogens with zero attached hydrogens (tertiary/aromatic N) is 3. The van der Waals surface area contributed by atoms with Crippen LogP contribution in [0.1, 0.15) is 52.4 Å². The molecular weight excluding hydrogens is 310 g/mol. The Kier molecular flexibility index (Phi) is 6.40. The average Bonchev–Trinajstić information content (AvgIpc) is 2.92. The maximum Gasteiger partial charge on any atom is 0.223 e. The Hall–Kier alpha value is -2.10. The van der Waals surface area contributed by atoms with E-state index in [1.807, 2.05) is 35.5 Å². The third-order valence-corrected chi connectivity index (χ3v) is 3.95. The molecule has 136 valence electrons. The highest BCUT2D eigenvalue weighted by atomic mass is 16.2. The van der Waals surface area contributed by atoms with Gasteiger partial charge in [0.05, 0.1) is 6.54 Å². The Morgan fingerprint density at radius 3 is 2.48 bits per heavy atom. The van der Waals surface area contributed by atoms with Crippen LogP contribution in [0.3, 0.4) is 0 Å². The van der Waals surface area contributed by atoms with Crippen molar-refractivity contribution in [3.63, 3.8) is 0 Å². The Bertz CT molecular complexity index is 668. The molecule has 1 amide bonds. The number of carbonyl (C=O) groups excluding carboxylic acids is 1. The summed E-state index contributed by atoms with van der Waals surface area (Å²) in [4.78, 5) is 19.2. The normalized spacial score (nSPS) is 11.8. The quantitative estimate of drug-likeness (QED) is 0.751. The maximum atomic E-state index is 12.8. The Morgan fingerprint density at radius 2 is 1.88 bits per heavy atom. The van der Waals surface area contributed by atoms with Crippen molar-refractivity contribution < 1.29 is 4.79 Å². The molecule has 4 heteroatoms. The van der Waals surface area contributed by atoms with E-state index in [2.05, 4.69) is 56.3 Å². The molecule has 0 aliphatic rings. The molecule has 0 saturated carbocycles. The van der Waals surface area contributed by atoms with Gasteiger partial charge in [-0.25, -0.2) is 4.98 Å². The van der Waals surface area contributed by atoms with Crippen LogP contribution in [0.15, 0.2) is 42.7 Å². The lowest BCUT2D eigenvalue weighted by Gasteiger charge is -2.28. The molecule has 0 unspecified atom stereocenters. The largest absolute Gasteiger partial charge is 0.335 e. The lowest BCUT2D eigenvalue weighted by atomic mass is 9.91. The lowest BCUT2D eigenvalue weighted by Crippen LogP contribution is -2.36. The highest BCUT2D eigenvalue weighted by molar-refractivity contribution is 5.76. The van der Waals surface area contributed by atoms with Gasteiger partial charge in [-0.1, -0.05) is 65.0 Å². The first-order valence-electron chi connectivity index (χ1n) is 9.06. The molecule has 0 aliphatic heterocycles. The second-order valence-electron chi connectivity index (χ2n) is 8.36. The van der Waals surface area contributed by atoms with Crippen molar-refractivity contribution in [1.82, 2.24) is 14.5 Å². The predicted molar refractivity (Wildman–Crippen MR) is 102 cm³/mol. The predicted octanol–water partition coefficient (Wildman–Crippen LogP) is 4.35. The first-order valence-corrected chi connectivity index (χ1v) is 9.06. The molecule has 0 radical (unpaired) electrons. The number of aromatic nitrogens is 2. The molecule has 25 heavy (non-hydrogen) atoms. The summed E-state index contributed by atoms with van der Waals surface area (Å²) < 4.78 is 2.13. The third-order valence-electron chi connectivity index (χ3n) is 3.95. The summed E-state index contributed by atoms with van der Waals surface area (Å²) in [5.74, 6) is 1.57. The lowest BCUT2D eigenvalue weighted by molar-refractivity contribution is -0.134. The fourth-order valence-electron chi connectivity index (χ4n) is 2.85. The van der Waals surface area contributed by atoms with Crippen LogP contribution >= 0.6 is 0 Å². The van der Waals surface area contributed by atoms with Crippen molar-refractivity contribution in [2.75, 3.05) is 6.54 Å². The molecule has 4 nitrogen and oxygen atoms in total. The van der Waals surface area contributed by atoms with Crippen LogP contribution in [-0.2, 0) is 17.9 Å². The smallest absolute Gasteiger partial charge is 0.223 e. The number of imidazole rings is 1. The zero-order chi connectivity index (χ0) is 18.4. The summed E-state index contributed by atoms with van der Waals surface area (Å²) in [6.07, 6.45) is 4.36. The van der Waals surface area contributed by atoms with Crippen molar-refractivity contribution in [1.29, 1.82) is 0 Å². The van der Waals surface area contributed by atoms with Crippen LogP contribution < -0.4 is 0 Å². The monoisotopic (exact) mass is 341 g/mol. The van der Waals surface area contributed by atoms with Crippen LogP contribution in [0.25, 0.3) is 0 Å². The first-order chi connectivity index (χ1) is 11.7. The summed E-state index contributed by atoms with van der Waals surface area (Å²) in [7, 11) is 0. The van der Waals surface area contributed by atoms with Gasteiger partial charge >= 0.3 is 0 Å². The molecule has 0 saturated heterocycles. The van der Waals surface area contributed by atoms with Crippen molar-refractivity contribution in [3.05, 3.63) is 54.1 Å². The van der Waals surface area contributed by atoms with E-state index >= 15 is 0 Å². The molecular formula is C21H31N3O. The van der Waals surface area contributed by atoms with E-state index in [0.29, 0.717) is 18.9 Å². The van der Waals surface area contributed by atoms with Gasteiger partial charge in [-0.2, -0.15) is 0 Å². The summed E-state index contributed by atoms with van der Waals surface area (Å²) in [5.41, 5.74) is 1.23. The minimum Gasteiger partial charge on any atom is -0.335 e. The molecule has 1 aromatic carbocycles. The van der Waals surface area contributed by atoms with Gasteiger partial charge in [-0.15, -0.1) is 0 Å². The molecule has 0 bridgehead atoms. The minimum atomic E-state index is -0.00816. The Morgan fingerprint density at radius 1 is 1.20 bits per heavy atom. The van der Waals surface area contributed by atoms with Crippen LogP contribution in [-0.4, -0.2) is 26.9 Å².